The predicted molar refractivity (Wildman–Crippen MR) is 74.8 cm³/mol. The molecule has 0 radical (unpaired) electrons. The molecule has 4 heteroatoms. The molecule has 2 aliphatic rings. The zero-order chi connectivity index (χ0) is 11.9. The Hall–Kier alpha value is 0.230. The number of rotatable bonds is 4. The maximum atomic E-state index is 5.81. The summed E-state index contributed by atoms with van der Waals surface area (Å²) < 4.78 is 5.81. The Kier molecular flexibility index (Phi) is 6.12. The topological polar surface area (TPSA) is 24.5 Å². The van der Waals surface area contributed by atoms with Crippen LogP contribution in [0.4, 0.5) is 0 Å². The molecular weight excluding hydrogens is 232 g/mol. The van der Waals surface area contributed by atoms with Crippen LogP contribution in [0.3, 0.4) is 0 Å². The summed E-state index contributed by atoms with van der Waals surface area (Å²) in [5, 5.41) is 3.62. The van der Waals surface area contributed by atoms with E-state index in [0.29, 0.717) is 6.10 Å². The van der Waals surface area contributed by atoms with Crippen LogP contribution in [0, 0.1) is 0 Å². The standard InChI is InChI=1S/C13H26N2OS/c1-2-13-10-15(6-3-8-16-13)7-4-12-11-17-9-5-14-12/h12-14H,2-11H2,1H3. The smallest absolute Gasteiger partial charge is 0.0699 e. The van der Waals surface area contributed by atoms with E-state index in [2.05, 4.69) is 28.9 Å². The number of ether oxygens (including phenoxy) is 1. The first-order chi connectivity index (χ1) is 8.38. The highest BCUT2D eigenvalue weighted by Gasteiger charge is 2.19. The fourth-order valence-electron chi connectivity index (χ4n) is 2.56. The van der Waals surface area contributed by atoms with E-state index >= 15 is 0 Å². The largest absolute Gasteiger partial charge is 0.377 e. The number of hydrogen-bond donors (Lipinski definition) is 1. The summed E-state index contributed by atoms with van der Waals surface area (Å²) in [4.78, 5) is 2.60. The van der Waals surface area contributed by atoms with Crippen molar-refractivity contribution >= 4 is 11.8 Å². The van der Waals surface area contributed by atoms with Gasteiger partial charge >= 0.3 is 0 Å². The third-order valence-electron chi connectivity index (χ3n) is 3.68. The van der Waals surface area contributed by atoms with Crippen molar-refractivity contribution in [2.75, 3.05) is 44.3 Å². The van der Waals surface area contributed by atoms with E-state index in [4.69, 9.17) is 4.74 Å². The third kappa shape index (κ3) is 4.78. The first kappa shape index (κ1) is 13.7. The molecule has 0 aromatic rings. The van der Waals surface area contributed by atoms with Crippen molar-refractivity contribution in [3.63, 3.8) is 0 Å². The highest BCUT2D eigenvalue weighted by Crippen LogP contribution is 2.13. The van der Waals surface area contributed by atoms with Crippen molar-refractivity contribution in [2.45, 2.75) is 38.3 Å². The van der Waals surface area contributed by atoms with Crippen molar-refractivity contribution in [3.05, 3.63) is 0 Å². The predicted octanol–water partition coefficient (Wildman–Crippen LogP) is 1.58. The molecule has 0 amide bonds. The van der Waals surface area contributed by atoms with E-state index in [9.17, 15) is 0 Å². The molecule has 3 nitrogen and oxygen atoms in total. The summed E-state index contributed by atoms with van der Waals surface area (Å²) in [6.07, 6.45) is 4.10. The number of nitrogens with one attached hydrogen (secondary N) is 1. The summed E-state index contributed by atoms with van der Waals surface area (Å²) in [5.74, 6) is 2.58. The average molecular weight is 258 g/mol. The van der Waals surface area contributed by atoms with Crippen molar-refractivity contribution in [2.24, 2.45) is 0 Å². The second-order valence-corrected chi connectivity index (χ2v) is 6.22. The van der Waals surface area contributed by atoms with Gasteiger partial charge in [0, 0.05) is 43.8 Å². The van der Waals surface area contributed by atoms with Gasteiger partial charge in [-0.2, -0.15) is 11.8 Å². The maximum Gasteiger partial charge on any atom is 0.0699 e. The Morgan fingerprint density at radius 1 is 1.47 bits per heavy atom. The van der Waals surface area contributed by atoms with Crippen LogP contribution in [-0.4, -0.2) is 61.3 Å². The molecule has 0 aromatic carbocycles. The summed E-state index contributed by atoms with van der Waals surface area (Å²) >= 11 is 2.09. The molecule has 2 saturated heterocycles. The minimum absolute atomic E-state index is 0.464. The zero-order valence-electron chi connectivity index (χ0n) is 11.0. The second kappa shape index (κ2) is 7.62. The summed E-state index contributed by atoms with van der Waals surface area (Å²) in [7, 11) is 0. The van der Waals surface area contributed by atoms with Gasteiger partial charge in [-0.15, -0.1) is 0 Å². The first-order valence-corrected chi connectivity index (χ1v) is 8.19. The molecular formula is C13H26N2OS. The van der Waals surface area contributed by atoms with E-state index in [0.717, 1.165) is 25.6 Å². The maximum absolute atomic E-state index is 5.81. The van der Waals surface area contributed by atoms with Crippen LogP contribution in [0.15, 0.2) is 0 Å². The molecule has 0 bridgehead atoms. The molecule has 2 atom stereocenters. The highest BCUT2D eigenvalue weighted by atomic mass is 32.2. The Morgan fingerprint density at radius 3 is 3.18 bits per heavy atom. The lowest BCUT2D eigenvalue weighted by Gasteiger charge is -2.27. The highest BCUT2D eigenvalue weighted by molar-refractivity contribution is 7.99. The molecule has 100 valence electrons. The molecule has 2 aliphatic heterocycles. The third-order valence-corrected chi connectivity index (χ3v) is 4.81. The van der Waals surface area contributed by atoms with Crippen molar-refractivity contribution in [1.82, 2.24) is 10.2 Å². The lowest BCUT2D eigenvalue weighted by Crippen LogP contribution is -2.41. The van der Waals surface area contributed by atoms with Gasteiger partial charge in [0.15, 0.2) is 0 Å². The van der Waals surface area contributed by atoms with Crippen molar-refractivity contribution < 1.29 is 4.74 Å². The van der Waals surface area contributed by atoms with Crippen LogP contribution in [0.5, 0.6) is 0 Å². The second-order valence-electron chi connectivity index (χ2n) is 5.07. The number of hydrogen-bond acceptors (Lipinski definition) is 4. The first-order valence-electron chi connectivity index (χ1n) is 7.03. The molecule has 2 heterocycles. The average Bonchev–Trinajstić information content (AvgIpc) is 2.62. The van der Waals surface area contributed by atoms with Gasteiger partial charge < -0.3 is 15.0 Å². The van der Waals surface area contributed by atoms with Gasteiger partial charge in [0.25, 0.3) is 0 Å². The van der Waals surface area contributed by atoms with E-state index in [1.807, 2.05) is 0 Å². The van der Waals surface area contributed by atoms with Gasteiger partial charge in [-0.25, -0.2) is 0 Å². The molecule has 2 unspecified atom stereocenters. The van der Waals surface area contributed by atoms with Crippen LogP contribution in [0.2, 0.25) is 0 Å². The summed E-state index contributed by atoms with van der Waals surface area (Å²) in [5.41, 5.74) is 0. The molecule has 2 fully saturated rings. The van der Waals surface area contributed by atoms with Crippen LogP contribution in [-0.2, 0) is 4.74 Å². The number of nitrogens with zero attached hydrogens (tertiary/aromatic N) is 1. The fourth-order valence-corrected chi connectivity index (χ4v) is 3.56. The van der Waals surface area contributed by atoms with E-state index in [1.54, 1.807) is 0 Å². The lowest BCUT2D eigenvalue weighted by molar-refractivity contribution is 0.0515. The van der Waals surface area contributed by atoms with E-state index < -0.39 is 0 Å². The number of thioether (sulfide) groups is 1. The van der Waals surface area contributed by atoms with Gasteiger partial charge in [0.05, 0.1) is 6.10 Å². The molecule has 0 aliphatic carbocycles. The van der Waals surface area contributed by atoms with E-state index in [1.165, 1.54) is 44.0 Å². The van der Waals surface area contributed by atoms with Crippen LogP contribution in [0.1, 0.15) is 26.2 Å². The van der Waals surface area contributed by atoms with Gasteiger partial charge in [-0.05, 0) is 25.8 Å². The Balaban J connectivity index is 1.69. The van der Waals surface area contributed by atoms with Gasteiger partial charge in [-0.1, -0.05) is 6.92 Å². The van der Waals surface area contributed by atoms with Crippen LogP contribution < -0.4 is 5.32 Å². The van der Waals surface area contributed by atoms with Crippen LogP contribution >= 0.6 is 11.8 Å². The van der Waals surface area contributed by atoms with Gasteiger partial charge in [-0.3, -0.25) is 0 Å². The summed E-state index contributed by atoms with van der Waals surface area (Å²) in [6.45, 7) is 7.96. The molecule has 1 N–H and O–H groups in total. The molecule has 0 aromatic heterocycles. The quantitative estimate of drug-likeness (QED) is 0.827. The van der Waals surface area contributed by atoms with Crippen molar-refractivity contribution in [1.29, 1.82) is 0 Å². The van der Waals surface area contributed by atoms with E-state index in [-0.39, 0.29) is 0 Å². The van der Waals surface area contributed by atoms with Crippen molar-refractivity contribution in [3.8, 4) is 0 Å². The minimum Gasteiger partial charge on any atom is -0.377 e. The zero-order valence-corrected chi connectivity index (χ0v) is 11.8. The fraction of sp³-hybridized carbons (Fsp3) is 1.00. The normalized spacial score (nSPS) is 32.3. The molecule has 2 rings (SSSR count). The minimum atomic E-state index is 0.464. The van der Waals surface area contributed by atoms with Gasteiger partial charge in [0.1, 0.15) is 0 Å². The molecule has 0 spiro atoms. The Bertz CT molecular complexity index is 210. The SMILES string of the molecule is CCC1CN(CCC2CSCCN2)CCCO1. The Labute approximate surface area is 110 Å². The summed E-state index contributed by atoms with van der Waals surface area (Å²) in [6, 6.07) is 0.734. The van der Waals surface area contributed by atoms with Gasteiger partial charge in [0.2, 0.25) is 0 Å². The molecule has 17 heavy (non-hydrogen) atoms. The van der Waals surface area contributed by atoms with Crippen LogP contribution in [0.25, 0.3) is 0 Å². The monoisotopic (exact) mass is 258 g/mol. The lowest BCUT2D eigenvalue weighted by atomic mass is 10.2. The molecule has 0 saturated carbocycles. The Morgan fingerprint density at radius 2 is 2.41 bits per heavy atom.